The molecule has 0 bridgehead atoms. The van der Waals surface area contributed by atoms with E-state index in [0.29, 0.717) is 21.9 Å². The minimum absolute atomic E-state index is 0.0391. The molecule has 2 aromatic rings. The summed E-state index contributed by atoms with van der Waals surface area (Å²) < 4.78 is 5.43. The fourth-order valence-corrected chi connectivity index (χ4v) is 2.26. The zero-order valence-corrected chi connectivity index (χ0v) is 11.7. The summed E-state index contributed by atoms with van der Waals surface area (Å²) in [5, 5.41) is 20.6. The van der Waals surface area contributed by atoms with Gasteiger partial charge >= 0.3 is 5.69 Å². The van der Waals surface area contributed by atoms with E-state index in [0.717, 1.165) is 6.07 Å². The van der Waals surface area contributed by atoms with Gasteiger partial charge in [-0.15, -0.1) is 0 Å². The molecule has 7 heteroatoms. The smallest absolute Gasteiger partial charge is 0.311 e. The van der Waals surface area contributed by atoms with Crippen LogP contribution in [0, 0.1) is 10.1 Å². The van der Waals surface area contributed by atoms with E-state index in [-0.39, 0.29) is 11.5 Å². The Morgan fingerprint density at radius 2 is 2.00 bits per heavy atom. The first kappa shape index (κ1) is 14.1. The van der Waals surface area contributed by atoms with Gasteiger partial charge in [-0.25, -0.2) is 0 Å². The number of nitrogens with zero attached hydrogens (tertiary/aromatic N) is 1. The number of benzene rings is 2. The standard InChI is InChI=1S/C15H8ClNO5/c16-9-2-4-13-10(7-9)15(19)14(22-13)6-8-1-3-12(18)11(5-8)17(20)21/h1-7,18H/b14-6-. The van der Waals surface area contributed by atoms with Crippen molar-refractivity contribution in [2.24, 2.45) is 0 Å². The summed E-state index contributed by atoms with van der Waals surface area (Å²) >= 11 is 5.84. The average molecular weight is 318 g/mol. The summed E-state index contributed by atoms with van der Waals surface area (Å²) in [6, 6.07) is 8.47. The number of nitro benzene ring substituents is 1. The lowest BCUT2D eigenvalue weighted by atomic mass is 10.1. The van der Waals surface area contributed by atoms with Crippen molar-refractivity contribution in [2.75, 3.05) is 0 Å². The molecular formula is C15H8ClNO5. The van der Waals surface area contributed by atoms with Crippen LogP contribution in [0.2, 0.25) is 5.02 Å². The number of fused-ring (bicyclic) bond motifs is 1. The number of ketones is 1. The highest BCUT2D eigenvalue weighted by Crippen LogP contribution is 2.34. The van der Waals surface area contributed by atoms with Gasteiger partial charge in [0.1, 0.15) is 5.75 Å². The molecule has 2 aromatic carbocycles. The summed E-state index contributed by atoms with van der Waals surface area (Å²) in [7, 11) is 0. The van der Waals surface area contributed by atoms with Crippen LogP contribution in [-0.2, 0) is 0 Å². The second kappa shape index (κ2) is 5.16. The number of phenols is 1. The molecule has 0 aromatic heterocycles. The monoisotopic (exact) mass is 317 g/mol. The van der Waals surface area contributed by atoms with Crippen molar-refractivity contribution >= 4 is 29.1 Å². The number of nitro groups is 1. The third kappa shape index (κ3) is 2.40. The van der Waals surface area contributed by atoms with Gasteiger partial charge in [0.25, 0.3) is 0 Å². The van der Waals surface area contributed by atoms with Crippen LogP contribution in [0.5, 0.6) is 11.5 Å². The van der Waals surface area contributed by atoms with Gasteiger partial charge in [-0.3, -0.25) is 14.9 Å². The first-order valence-electron chi connectivity index (χ1n) is 6.17. The van der Waals surface area contributed by atoms with E-state index in [2.05, 4.69) is 0 Å². The van der Waals surface area contributed by atoms with E-state index in [1.54, 1.807) is 12.1 Å². The molecule has 0 aliphatic carbocycles. The van der Waals surface area contributed by atoms with Crippen molar-refractivity contribution in [2.45, 2.75) is 0 Å². The van der Waals surface area contributed by atoms with Gasteiger partial charge in [0, 0.05) is 11.1 Å². The van der Waals surface area contributed by atoms with Crippen molar-refractivity contribution in [3.63, 3.8) is 0 Å². The molecular weight excluding hydrogens is 310 g/mol. The number of allylic oxidation sites excluding steroid dienone is 1. The molecule has 0 saturated heterocycles. The fraction of sp³-hybridized carbons (Fsp3) is 0. The molecule has 22 heavy (non-hydrogen) atoms. The molecule has 0 amide bonds. The number of Topliss-reactive ketones (excluding diaryl/α,β-unsaturated/α-hetero) is 1. The van der Waals surface area contributed by atoms with Crippen molar-refractivity contribution < 1.29 is 19.6 Å². The number of phenolic OH excluding ortho intramolecular Hbond substituents is 1. The lowest BCUT2D eigenvalue weighted by molar-refractivity contribution is -0.385. The molecule has 0 radical (unpaired) electrons. The Labute approximate surface area is 129 Å². The van der Waals surface area contributed by atoms with Crippen LogP contribution in [-0.4, -0.2) is 15.8 Å². The summed E-state index contributed by atoms with van der Waals surface area (Å²) in [5.41, 5.74) is 0.263. The van der Waals surface area contributed by atoms with E-state index in [1.807, 2.05) is 0 Å². The van der Waals surface area contributed by atoms with Crippen LogP contribution in [0.4, 0.5) is 5.69 Å². The van der Waals surface area contributed by atoms with Gasteiger partial charge in [0.2, 0.25) is 5.78 Å². The lowest BCUT2D eigenvalue weighted by Gasteiger charge is -2.00. The molecule has 1 aliphatic rings. The van der Waals surface area contributed by atoms with Crippen LogP contribution in [0.3, 0.4) is 0 Å². The lowest BCUT2D eigenvalue weighted by Crippen LogP contribution is -1.98. The Balaban J connectivity index is 2.00. The minimum atomic E-state index is -0.705. The largest absolute Gasteiger partial charge is 0.502 e. The second-order valence-corrected chi connectivity index (χ2v) is 5.02. The van der Waals surface area contributed by atoms with Crippen LogP contribution < -0.4 is 4.74 Å². The molecule has 1 aliphatic heterocycles. The quantitative estimate of drug-likeness (QED) is 0.519. The minimum Gasteiger partial charge on any atom is -0.502 e. The highest BCUT2D eigenvalue weighted by molar-refractivity contribution is 6.31. The van der Waals surface area contributed by atoms with E-state index >= 15 is 0 Å². The number of halogens is 1. The van der Waals surface area contributed by atoms with E-state index < -0.39 is 16.4 Å². The molecule has 0 saturated carbocycles. The maximum Gasteiger partial charge on any atom is 0.311 e. The number of carbonyl (C=O) groups excluding carboxylic acids is 1. The summed E-state index contributed by atoms with van der Waals surface area (Å²) in [6.45, 7) is 0. The maximum atomic E-state index is 12.2. The molecule has 0 unspecified atom stereocenters. The van der Waals surface area contributed by atoms with E-state index in [9.17, 15) is 20.0 Å². The van der Waals surface area contributed by atoms with Gasteiger partial charge in [-0.2, -0.15) is 0 Å². The van der Waals surface area contributed by atoms with Crippen molar-refractivity contribution in [3.8, 4) is 11.5 Å². The second-order valence-electron chi connectivity index (χ2n) is 4.59. The van der Waals surface area contributed by atoms with Crippen molar-refractivity contribution in [1.82, 2.24) is 0 Å². The number of hydrogen-bond donors (Lipinski definition) is 1. The van der Waals surface area contributed by atoms with Gasteiger partial charge < -0.3 is 9.84 Å². The Morgan fingerprint density at radius 1 is 1.23 bits per heavy atom. The van der Waals surface area contributed by atoms with E-state index in [4.69, 9.17) is 16.3 Å². The normalized spacial score (nSPS) is 14.8. The number of rotatable bonds is 2. The SMILES string of the molecule is O=C1/C(=C/c2ccc(O)c([N+](=O)[O-])c2)Oc2ccc(Cl)cc21. The zero-order valence-electron chi connectivity index (χ0n) is 10.9. The van der Waals surface area contributed by atoms with Crippen LogP contribution >= 0.6 is 11.6 Å². The summed E-state index contributed by atoms with van der Waals surface area (Å²) in [5.74, 6) is -0.375. The van der Waals surface area contributed by atoms with Gasteiger partial charge in [-0.1, -0.05) is 17.7 Å². The molecule has 3 rings (SSSR count). The summed E-state index contributed by atoms with van der Waals surface area (Å²) in [4.78, 5) is 22.3. The zero-order chi connectivity index (χ0) is 15.9. The van der Waals surface area contributed by atoms with E-state index in [1.165, 1.54) is 24.3 Å². The van der Waals surface area contributed by atoms with Crippen molar-refractivity contribution in [1.29, 1.82) is 0 Å². The fourth-order valence-electron chi connectivity index (χ4n) is 2.09. The molecule has 110 valence electrons. The Kier molecular flexibility index (Phi) is 3.30. The average Bonchev–Trinajstić information content (AvgIpc) is 2.77. The van der Waals surface area contributed by atoms with Gasteiger partial charge in [0.05, 0.1) is 10.5 Å². The molecule has 0 fully saturated rings. The Morgan fingerprint density at radius 3 is 2.73 bits per heavy atom. The number of ether oxygens (including phenoxy) is 1. The third-order valence-electron chi connectivity index (χ3n) is 3.12. The predicted octanol–water partition coefficient (Wildman–Crippen LogP) is 3.57. The van der Waals surface area contributed by atoms with Gasteiger partial charge in [0.15, 0.2) is 11.5 Å². The maximum absolute atomic E-state index is 12.2. The first-order valence-corrected chi connectivity index (χ1v) is 6.55. The molecule has 1 heterocycles. The topological polar surface area (TPSA) is 89.7 Å². The number of carbonyl (C=O) groups is 1. The number of hydrogen-bond acceptors (Lipinski definition) is 5. The third-order valence-corrected chi connectivity index (χ3v) is 3.36. The molecule has 0 spiro atoms. The molecule has 6 nitrogen and oxygen atoms in total. The highest BCUT2D eigenvalue weighted by atomic mass is 35.5. The van der Waals surface area contributed by atoms with Crippen molar-refractivity contribution in [3.05, 3.63) is 68.4 Å². The predicted molar refractivity (Wildman–Crippen MR) is 79.1 cm³/mol. The first-order chi connectivity index (χ1) is 10.5. The van der Waals surface area contributed by atoms with Crippen LogP contribution in [0.25, 0.3) is 6.08 Å². The number of aromatic hydroxyl groups is 1. The Bertz CT molecular complexity index is 844. The Hall–Kier alpha value is -2.86. The summed E-state index contributed by atoms with van der Waals surface area (Å²) in [6.07, 6.45) is 1.38. The van der Waals surface area contributed by atoms with Crippen LogP contribution in [0.15, 0.2) is 42.2 Å². The molecule has 0 atom stereocenters. The molecule has 1 N–H and O–H groups in total. The van der Waals surface area contributed by atoms with Crippen LogP contribution in [0.1, 0.15) is 15.9 Å². The van der Waals surface area contributed by atoms with Gasteiger partial charge in [-0.05, 0) is 35.9 Å². The highest BCUT2D eigenvalue weighted by Gasteiger charge is 2.27.